The van der Waals surface area contributed by atoms with Crippen molar-refractivity contribution in [2.75, 3.05) is 20.3 Å². The van der Waals surface area contributed by atoms with Gasteiger partial charge in [0.15, 0.2) is 5.82 Å². The van der Waals surface area contributed by atoms with Crippen molar-refractivity contribution < 1.29 is 9.53 Å². The van der Waals surface area contributed by atoms with E-state index in [1.807, 2.05) is 23.1 Å². The Balaban J connectivity index is 1.88. The number of ether oxygens (including phenoxy) is 1. The molecule has 0 fully saturated rings. The summed E-state index contributed by atoms with van der Waals surface area (Å²) in [6.45, 7) is 3.97. The van der Waals surface area contributed by atoms with Crippen molar-refractivity contribution in [3.8, 4) is 22.5 Å². The maximum atomic E-state index is 12.7. The monoisotopic (exact) mass is 407 g/mol. The van der Waals surface area contributed by atoms with E-state index in [4.69, 9.17) is 4.74 Å². The van der Waals surface area contributed by atoms with E-state index < -0.39 is 0 Å². The Morgan fingerprint density at radius 2 is 1.93 bits per heavy atom. The number of benzene rings is 2. The summed E-state index contributed by atoms with van der Waals surface area (Å²) in [6, 6.07) is 16.4. The summed E-state index contributed by atoms with van der Waals surface area (Å²) in [4.78, 5) is 14.7. The van der Waals surface area contributed by atoms with E-state index in [9.17, 15) is 4.79 Å². The van der Waals surface area contributed by atoms with Gasteiger partial charge in [-0.05, 0) is 46.0 Å². The lowest BCUT2D eigenvalue weighted by atomic mass is 9.97. The number of aromatic nitrogens is 4. The predicted molar refractivity (Wildman–Crippen MR) is 116 cm³/mol. The van der Waals surface area contributed by atoms with Gasteiger partial charge in [-0.1, -0.05) is 55.8 Å². The molecule has 0 aliphatic rings. The zero-order chi connectivity index (χ0) is 21.2. The van der Waals surface area contributed by atoms with Crippen LogP contribution in [0.25, 0.3) is 22.5 Å². The van der Waals surface area contributed by atoms with Crippen LogP contribution in [0.2, 0.25) is 0 Å². The maximum Gasteiger partial charge on any atom is 0.222 e. The van der Waals surface area contributed by atoms with Crippen molar-refractivity contribution in [2.24, 2.45) is 0 Å². The molecule has 30 heavy (non-hydrogen) atoms. The first kappa shape index (κ1) is 21.6. The molecule has 0 bridgehead atoms. The molecule has 0 saturated heterocycles. The van der Waals surface area contributed by atoms with E-state index in [0.29, 0.717) is 31.9 Å². The first-order chi connectivity index (χ1) is 14.7. The number of rotatable bonds is 11. The number of hydrogen-bond donors (Lipinski definition) is 1. The van der Waals surface area contributed by atoms with Gasteiger partial charge in [-0.15, -0.1) is 5.10 Å². The summed E-state index contributed by atoms with van der Waals surface area (Å²) in [6.07, 6.45) is 3.30. The van der Waals surface area contributed by atoms with E-state index >= 15 is 0 Å². The third-order valence-corrected chi connectivity index (χ3v) is 5.02. The first-order valence-corrected chi connectivity index (χ1v) is 10.4. The van der Waals surface area contributed by atoms with Crippen LogP contribution in [-0.4, -0.2) is 51.7 Å². The van der Waals surface area contributed by atoms with Gasteiger partial charge in [-0.3, -0.25) is 4.79 Å². The largest absolute Gasteiger partial charge is 0.385 e. The molecule has 1 heterocycles. The van der Waals surface area contributed by atoms with Crippen molar-refractivity contribution >= 4 is 5.91 Å². The smallest absolute Gasteiger partial charge is 0.222 e. The van der Waals surface area contributed by atoms with Crippen LogP contribution in [0.4, 0.5) is 0 Å². The number of hydrogen-bond acceptors (Lipinski definition) is 5. The molecule has 0 unspecified atom stereocenters. The molecule has 0 aliphatic heterocycles. The van der Waals surface area contributed by atoms with E-state index in [-0.39, 0.29) is 5.91 Å². The summed E-state index contributed by atoms with van der Waals surface area (Å²) in [7, 11) is 1.68. The second-order valence-corrected chi connectivity index (χ2v) is 7.26. The average Bonchev–Trinajstić information content (AvgIpc) is 3.32. The molecule has 0 aliphatic carbocycles. The van der Waals surface area contributed by atoms with Gasteiger partial charge in [0, 0.05) is 38.8 Å². The second-order valence-electron chi connectivity index (χ2n) is 7.26. The Kier molecular flexibility index (Phi) is 8.09. The Bertz CT molecular complexity index is 913. The summed E-state index contributed by atoms with van der Waals surface area (Å²) in [5.74, 6) is 0.793. The van der Waals surface area contributed by atoms with Crippen LogP contribution >= 0.6 is 0 Å². The lowest BCUT2D eigenvalue weighted by Crippen LogP contribution is -2.31. The number of carbonyl (C=O) groups is 1. The fourth-order valence-electron chi connectivity index (χ4n) is 3.43. The quantitative estimate of drug-likeness (QED) is 0.484. The molecule has 2 aromatic carbocycles. The molecule has 0 saturated carbocycles. The highest BCUT2D eigenvalue weighted by atomic mass is 16.5. The van der Waals surface area contributed by atoms with Crippen LogP contribution in [0.3, 0.4) is 0 Å². The molecule has 0 spiro atoms. The minimum absolute atomic E-state index is 0.183. The standard InChI is InChI=1S/C23H29N5O2/c1-3-4-11-22(29)28(14-8-15-30-2)17-18-12-13-20(19-9-6-5-7-10-19)21(16-18)23-24-26-27-25-23/h5-7,9-10,12-13,16H,3-4,8,11,14-15,17H2,1-2H3,(H,24,25,26,27). The van der Waals surface area contributed by atoms with Crippen LogP contribution in [0.1, 0.15) is 38.2 Å². The topological polar surface area (TPSA) is 84.0 Å². The third kappa shape index (κ3) is 5.73. The van der Waals surface area contributed by atoms with Crippen molar-refractivity contribution in [1.29, 1.82) is 0 Å². The van der Waals surface area contributed by atoms with Crippen LogP contribution in [0.5, 0.6) is 0 Å². The van der Waals surface area contributed by atoms with Crippen molar-refractivity contribution in [3.05, 3.63) is 54.1 Å². The van der Waals surface area contributed by atoms with Gasteiger partial charge in [0.2, 0.25) is 5.91 Å². The highest BCUT2D eigenvalue weighted by Gasteiger charge is 2.16. The number of nitrogens with one attached hydrogen (secondary N) is 1. The molecule has 7 heteroatoms. The number of methoxy groups -OCH3 is 1. The number of aromatic amines is 1. The van der Waals surface area contributed by atoms with Crippen LogP contribution < -0.4 is 0 Å². The summed E-state index contributed by atoms with van der Waals surface area (Å²) >= 11 is 0. The molecule has 0 radical (unpaired) electrons. The molecule has 1 aromatic heterocycles. The van der Waals surface area contributed by atoms with E-state index in [0.717, 1.165) is 41.5 Å². The fraction of sp³-hybridized carbons (Fsp3) is 0.391. The first-order valence-electron chi connectivity index (χ1n) is 10.4. The van der Waals surface area contributed by atoms with Gasteiger partial charge in [-0.25, -0.2) is 5.10 Å². The molecule has 3 rings (SSSR count). The number of tetrazole rings is 1. The number of carbonyl (C=O) groups excluding carboxylic acids is 1. The number of H-pyrrole nitrogens is 1. The van der Waals surface area contributed by atoms with E-state index in [1.165, 1.54) is 0 Å². The normalized spacial score (nSPS) is 10.9. The van der Waals surface area contributed by atoms with Gasteiger partial charge in [0.05, 0.1) is 0 Å². The Morgan fingerprint density at radius 3 is 2.63 bits per heavy atom. The lowest BCUT2D eigenvalue weighted by Gasteiger charge is -2.23. The highest BCUT2D eigenvalue weighted by Crippen LogP contribution is 2.31. The van der Waals surface area contributed by atoms with Crippen molar-refractivity contribution in [1.82, 2.24) is 25.5 Å². The number of amides is 1. The second kappa shape index (κ2) is 11.2. The summed E-state index contributed by atoms with van der Waals surface area (Å²) in [5, 5.41) is 14.5. The number of nitrogens with zero attached hydrogens (tertiary/aromatic N) is 4. The summed E-state index contributed by atoms with van der Waals surface area (Å²) in [5.41, 5.74) is 4.09. The van der Waals surface area contributed by atoms with Gasteiger partial charge < -0.3 is 9.64 Å². The molecule has 0 atom stereocenters. The minimum Gasteiger partial charge on any atom is -0.385 e. The zero-order valence-corrected chi connectivity index (χ0v) is 17.7. The summed E-state index contributed by atoms with van der Waals surface area (Å²) < 4.78 is 5.17. The van der Waals surface area contributed by atoms with Gasteiger partial charge in [0.25, 0.3) is 0 Å². The maximum absolute atomic E-state index is 12.7. The van der Waals surface area contributed by atoms with Crippen LogP contribution in [-0.2, 0) is 16.1 Å². The SMILES string of the molecule is CCCCC(=O)N(CCCOC)Cc1ccc(-c2ccccc2)c(-c2nnn[nH]2)c1. The van der Waals surface area contributed by atoms with E-state index in [2.05, 4.69) is 57.9 Å². The number of unbranched alkanes of at least 4 members (excludes halogenated alkanes) is 1. The van der Waals surface area contributed by atoms with Crippen LogP contribution in [0, 0.1) is 0 Å². The Labute approximate surface area is 177 Å². The minimum atomic E-state index is 0.183. The molecule has 3 aromatic rings. The average molecular weight is 408 g/mol. The third-order valence-electron chi connectivity index (χ3n) is 5.02. The zero-order valence-electron chi connectivity index (χ0n) is 17.7. The fourth-order valence-corrected chi connectivity index (χ4v) is 3.43. The molecule has 158 valence electrons. The van der Waals surface area contributed by atoms with Gasteiger partial charge >= 0.3 is 0 Å². The van der Waals surface area contributed by atoms with Crippen molar-refractivity contribution in [2.45, 2.75) is 39.2 Å². The molecule has 1 N–H and O–H groups in total. The Morgan fingerprint density at radius 1 is 1.10 bits per heavy atom. The van der Waals surface area contributed by atoms with Gasteiger partial charge in [-0.2, -0.15) is 0 Å². The highest BCUT2D eigenvalue weighted by molar-refractivity contribution is 5.81. The predicted octanol–water partition coefficient (Wildman–Crippen LogP) is 4.09. The Hall–Kier alpha value is -3.06. The van der Waals surface area contributed by atoms with Crippen molar-refractivity contribution in [3.63, 3.8) is 0 Å². The molecule has 7 nitrogen and oxygen atoms in total. The van der Waals surface area contributed by atoms with Gasteiger partial charge in [0.1, 0.15) is 0 Å². The lowest BCUT2D eigenvalue weighted by molar-refractivity contribution is -0.132. The molecular weight excluding hydrogens is 378 g/mol. The van der Waals surface area contributed by atoms with Crippen LogP contribution in [0.15, 0.2) is 48.5 Å². The molecular formula is C23H29N5O2. The van der Waals surface area contributed by atoms with E-state index in [1.54, 1.807) is 7.11 Å². The molecule has 1 amide bonds.